The van der Waals surface area contributed by atoms with Crippen molar-refractivity contribution in [1.29, 1.82) is 0 Å². The molecule has 2 aromatic heterocycles. The van der Waals surface area contributed by atoms with Crippen LogP contribution in [0.3, 0.4) is 0 Å². The minimum atomic E-state index is 1.16. The number of fused-ring (bicyclic) bond motifs is 12. The average molecular weight is 711 g/mol. The van der Waals surface area contributed by atoms with E-state index in [1.54, 1.807) is 0 Å². The molecule has 0 atom stereocenters. The third kappa shape index (κ3) is 4.50. The minimum Gasteiger partial charge on any atom is -0.309 e. The molecule has 0 radical (unpaired) electrons. The van der Waals surface area contributed by atoms with Gasteiger partial charge in [-0.1, -0.05) is 152 Å². The van der Waals surface area contributed by atoms with Gasteiger partial charge in [0.05, 0.1) is 27.8 Å². The fourth-order valence-corrected chi connectivity index (χ4v) is 9.40. The second-order valence-corrected chi connectivity index (χ2v) is 14.9. The summed E-state index contributed by atoms with van der Waals surface area (Å²) in [5, 5.41) is 12.7. The Labute approximate surface area is 323 Å². The van der Waals surface area contributed by atoms with Crippen LogP contribution in [0.1, 0.15) is 0 Å². The van der Waals surface area contributed by atoms with E-state index in [0.717, 1.165) is 5.69 Å². The highest BCUT2D eigenvalue weighted by molar-refractivity contribution is 6.28. The molecule has 2 heteroatoms. The van der Waals surface area contributed by atoms with Gasteiger partial charge in [-0.25, -0.2) is 0 Å². The van der Waals surface area contributed by atoms with Crippen molar-refractivity contribution < 1.29 is 0 Å². The standard InChI is InChI=1S/C54H34N2/c1-2-13-35(14-3-1)36-25-29-39(30-26-36)55-49-22-10-8-18-43(49)47-33-37(27-31-51(47)55)38-28-32-52-48(34-38)44-19-9-11-23-50(44)56(52)53-24-12-21-46-42-16-5-4-15-40(42)41-17-6-7-20-45(41)54(46)53/h1-34H. The van der Waals surface area contributed by atoms with Crippen molar-refractivity contribution in [1.82, 2.24) is 9.13 Å². The summed E-state index contributed by atoms with van der Waals surface area (Å²) >= 11 is 0. The molecular weight excluding hydrogens is 677 g/mol. The molecule has 0 N–H and O–H groups in total. The number of nitrogens with zero attached hydrogens (tertiary/aromatic N) is 2. The molecule has 0 aliphatic rings. The summed E-state index contributed by atoms with van der Waals surface area (Å²) in [6, 6.07) is 75.7. The summed E-state index contributed by atoms with van der Waals surface area (Å²) in [4.78, 5) is 0. The van der Waals surface area contributed by atoms with Crippen LogP contribution in [0.5, 0.6) is 0 Å². The first-order valence-electron chi connectivity index (χ1n) is 19.4. The smallest absolute Gasteiger partial charge is 0.0547 e. The zero-order valence-electron chi connectivity index (χ0n) is 30.5. The van der Waals surface area contributed by atoms with E-state index in [2.05, 4.69) is 215 Å². The van der Waals surface area contributed by atoms with Crippen LogP contribution in [0.4, 0.5) is 0 Å². The number of para-hydroxylation sites is 2. The topological polar surface area (TPSA) is 9.86 Å². The summed E-state index contributed by atoms with van der Waals surface area (Å²) in [7, 11) is 0. The molecule has 0 saturated heterocycles. The van der Waals surface area contributed by atoms with Crippen molar-refractivity contribution in [2.45, 2.75) is 0 Å². The average Bonchev–Trinajstić information content (AvgIpc) is 3.79. The van der Waals surface area contributed by atoms with Gasteiger partial charge in [0, 0.05) is 32.6 Å². The highest BCUT2D eigenvalue weighted by Crippen LogP contribution is 2.42. The van der Waals surface area contributed by atoms with E-state index >= 15 is 0 Å². The monoisotopic (exact) mass is 710 g/mol. The Morgan fingerprint density at radius 2 is 0.643 bits per heavy atom. The number of aromatic nitrogens is 2. The highest BCUT2D eigenvalue weighted by Gasteiger charge is 2.19. The van der Waals surface area contributed by atoms with Crippen molar-refractivity contribution in [3.05, 3.63) is 206 Å². The number of hydrogen-bond acceptors (Lipinski definition) is 0. The van der Waals surface area contributed by atoms with Gasteiger partial charge >= 0.3 is 0 Å². The Bertz CT molecular complexity index is 3470. The first-order valence-corrected chi connectivity index (χ1v) is 19.4. The summed E-state index contributed by atoms with van der Waals surface area (Å²) in [5.41, 5.74) is 12.1. The van der Waals surface area contributed by atoms with E-state index < -0.39 is 0 Å². The zero-order chi connectivity index (χ0) is 36.7. The molecule has 12 rings (SSSR count). The van der Waals surface area contributed by atoms with Crippen molar-refractivity contribution >= 4 is 75.9 Å². The predicted molar refractivity (Wildman–Crippen MR) is 239 cm³/mol. The summed E-state index contributed by atoms with van der Waals surface area (Å²) in [6.07, 6.45) is 0. The van der Waals surface area contributed by atoms with E-state index in [-0.39, 0.29) is 0 Å². The zero-order valence-corrected chi connectivity index (χ0v) is 30.5. The van der Waals surface area contributed by atoms with E-state index in [1.165, 1.54) is 104 Å². The van der Waals surface area contributed by atoms with Gasteiger partial charge in [-0.15, -0.1) is 0 Å². The second-order valence-electron chi connectivity index (χ2n) is 14.9. The second kappa shape index (κ2) is 12.0. The van der Waals surface area contributed by atoms with E-state index in [0.29, 0.717) is 0 Å². The summed E-state index contributed by atoms with van der Waals surface area (Å²) in [6.45, 7) is 0. The van der Waals surface area contributed by atoms with E-state index in [1.807, 2.05) is 0 Å². The lowest BCUT2D eigenvalue weighted by Crippen LogP contribution is -1.96. The minimum absolute atomic E-state index is 1.16. The van der Waals surface area contributed by atoms with Crippen LogP contribution in [-0.4, -0.2) is 9.13 Å². The first kappa shape index (κ1) is 31.0. The third-order valence-electron chi connectivity index (χ3n) is 11.9. The Kier molecular flexibility index (Phi) is 6.66. The largest absolute Gasteiger partial charge is 0.309 e. The third-order valence-corrected chi connectivity index (χ3v) is 11.9. The van der Waals surface area contributed by atoms with E-state index in [4.69, 9.17) is 0 Å². The molecule has 260 valence electrons. The lowest BCUT2D eigenvalue weighted by molar-refractivity contribution is 1.18. The molecule has 2 nitrogen and oxygen atoms in total. The molecule has 0 saturated carbocycles. The van der Waals surface area contributed by atoms with Crippen molar-refractivity contribution in [2.75, 3.05) is 0 Å². The van der Waals surface area contributed by atoms with Crippen LogP contribution in [0, 0.1) is 0 Å². The Morgan fingerprint density at radius 3 is 1.25 bits per heavy atom. The highest BCUT2D eigenvalue weighted by atomic mass is 15.0. The molecular formula is C54H34N2. The Morgan fingerprint density at radius 1 is 0.232 bits per heavy atom. The SMILES string of the molecule is c1ccc(-c2ccc(-n3c4ccccc4c4cc(-c5ccc6c(c5)c5ccccc5n6-c5cccc6c7ccccc7c7ccccc7c56)ccc43)cc2)cc1. The van der Waals surface area contributed by atoms with Crippen LogP contribution in [0.2, 0.25) is 0 Å². The van der Waals surface area contributed by atoms with Gasteiger partial charge in [-0.3, -0.25) is 0 Å². The van der Waals surface area contributed by atoms with Crippen LogP contribution in [-0.2, 0) is 0 Å². The molecule has 0 spiro atoms. The summed E-state index contributed by atoms with van der Waals surface area (Å²) < 4.78 is 4.88. The van der Waals surface area contributed by atoms with Crippen LogP contribution in [0.25, 0.3) is 110 Å². The van der Waals surface area contributed by atoms with Gasteiger partial charge in [0.25, 0.3) is 0 Å². The predicted octanol–water partition coefficient (Wildman–Crippen LogP) is 14.7. The van der Waals surface area contributed by atoms with Crippen molar-refractivity contribution in [2.24, 2.45) is 0 Å². The van der Waals surface area contributed by atoms with E-state index in [9.17, 15) is 0 Å². The molecule has 0 fully saturated rings. The van der Waals surface area contributed by atoms with Crippen molar-refractivity contribution in [3.8, 4) is 33.6 Å². The van der Waals surface area contributed by atoms with Gasteiger partial charge in [-0.2, -0.15) is 0 Å². The van der Waals surface area contributed by atoms with Gasteiger partial charge in [0.2, 0.25) is 0 Å². The molecule has 2 heterocycles. The van der Waals surface area contributed by atoms with Crippen LogP contribution >= 0.6 is 0 Å². The summed E-state index contributed by atoms with van der Waals surface area (Å²) in [5.74, 6) is 0. The van der Waals surface area contributed by atoms with Crippen LogP contribution < -0.4 is 0 Å². The van der Waals surface area contributed by atoms with Gasteiger partial charge in [0.1, 0.15) is 0 Å². The molecule has 0 aliphatic heterocycles. The molecule has 12 aromatic rings. The van der Waals surface area contributed by atoms with Crippen LogP contribution in [0.15, 0.2) is 206 Å². The number of benzene rings is 10. The normalized spacial score (nSPS) is 11.9. The number of hydrogen-bond donors (Lipinski definition) is 0. The quantitative estimate of drug-likeness (QED) is 0.161. The van der Waals surface area contributed by atoms with Gasteiger partial charge in [0.15, 0.2) is 0 Å². The van der Waals surface area contributed by atoms with Gasteiger partial charge in [-0.05, 0) is 104 Å². The first-order chi connectivity index (χ1) is 27.8. The Balaban J connectivity index is 1.04. The maximum Gasteiger partial charge on any atom is 0.0547 e. The maximum absolute atomic E-state index is 2.48. The lowest BCUT2D eigenvalue weighted by atomic mass is 9.93. The number of rotatable bonds is 4. The molecule has 56 heavy (non-hydrogen) atoms. The van der Waals surface area contributed by atoms with Gasteiger partial charge < -0.3 is 9.13 Å². The Hall–Kier alpha value is -7.42. The lowest BCUT2D eigenvalue weighted by Gasteiger charge is -2.16. The maximum atomic E-state index is 2.48. The molecule has 0 amide bonds. The molecule has 0 unspecified atom stereocenters. The molecule has 10 aromatic carbocycles. The molecule has 0 aliphatic carbocycles. The fourth-order valence-electron chi connectivity index (χ4n) is 9.40. The molecule has 0 bridgehead atoms. The van der Waals surface area contributed by atoms with Crippen molar-refractivity contribution in [3.63, 3.8) is 0 Å². The fraction of sp³-hybridized carbons (Fsp3) is 0.